The zero-order valence-electron chi connectivity index (χ0n) is 11.7. The minimum absolute atomic E-state index is 0.289. The zero-order chi connectivity index (χ0) is 14.9. The number of hydrogen-bond acceptors (Lipinski definition) is 1. The molecule has 0 unspecified atom stereocenters. The van der Waals surface area contributed by atoms with Crippen molar-refractivity contribution < 1.29 is 13.2 Å². The Bertz CT molecular complexity index is 547. The number of anilines is 1. The van der Waals surface area contributed by atoms with E-state index in [1.165, 1.54) is 0 Å². The van der Waals surface area contributed by atoms with Crippen LogP contribution in [0.5, 0.6) is 0 Å². The summed E-state index contributed by atoms with van der Waals surface area (Å²) in [6.07, 6.45) is 0. The summed E-state index contributed by atoms with van der Waals surface area (Å²) >= 11 is 0. The van der Waals surface area contributed by atoms with E-state index < -0.39 is 17.5 Å². The average molecular weight is 279 g/mol. The van der Waals surface area contributed by atoms with Crippen molar-refractivity contribution in [2.24, 2.45) is 0 Å². The molecule has 0 aromatic heterocycles. The predicted molar refractivity (Wildman–Crippen MR) is 74.3 cm³/mol. The van der Waals surface area contributed by atoms with E-state index in [1.807, 2.05) is 32.9 Å². The Hall–Kier alpha value is -1.97. The molecule has 2 aromatic carbocycles. The minimum Gasteiger partial charge on any atom is -0.376 e. The molecule has 0 aliphatic rings. The molecule has 0 spiro atoms. The predicted octanol–water partition coefficient (Wildman–Crippen LogP) is 4.64. The van der Waals surface area contributed by atoms with Crippen molar-refractivity contribution in [2.45, 2.75) is 27.3 Å². The van der Waals surface area contributed by atoms with E-state index in [-0.39, 0.29) is 12.2 Å². The molecule has 0 fully saturated rings. The van der Waals surface area contributed by atoms with Crippen LogP contribution in [-0.2, 0) is 6.54 Å². The van der Waals surface area contributed by atoms with Crippen molar-refractivity contribution in [3.63, 3.8) is 0 Å². The Morgan fingerprint density at radius 3 is 1.85 bits per heavy atom. The van der Waals surface area contributed by atoms with Gasteiger partial charge in [-0.05, 0) is 37.5 Å². The molecule has 0 aliphatic carbocycles. The van der Waals surface area contributed by atoms with Gasteiger partial charge in [-0.15, -0.1) is 0 Å². The van der Waals surface area contributed by atoms with Gasteiger partial charge in [-0.1, -0.05) is 17.7 Å². The van der Waals surface area contributed by atoms with Crippen LogP contribution < -0.4 is 5.32 Å². The Morgan fingerprint density at radius 1 is 0.850 bits per heavy atom. The van der Waals surface area contributed by atoms with Crippen molar-refractivity contribution in [1.29, 1.82) is 0 Å². The van der Waals surface area contributed by atoms with Crippen LogP contribution in [0.3, 0.4) is 0 Å². The standard InChI is InChI=1S/C16H16F3N/c1-9-4-10(2)13(11(3)5-9)8-20-16-14(18)6-12(17)7-15(16)19/h4-7,20H,8H2,1-3H3. The summed E-state index contributed by atoms with van der Waals surface area (Å²) in [5.74, 6) is -2.77. The number of aryl methyl sites for hydroxylation is 3. The van der Waals surface area contributed by atoms with E-state index in [0.29, 0.717) is 12.1 Å². The molecular formula is C16H16F3N. The summed E-state index contributed by atoms with van der Waals surface area (Å²) in [7, 11) is 0. The van der Waals surface area contributed by atoms with E-state index in [4.69, 9.17) is 0 Å². The van der Waals surface area contributed by atoms with Gasteiger partial charge in [-0.25, -0.2) is 13.2 Å². The molecule has 106 valence electrons. The van der Waals surface area contributed by atoms with Crippen LogP contribution in [0.15, 0.2) is 24.3 Å². The first-order chi connectivity index (χ1) is 9.38. The highest BCUT2D eigenvalue weighted by Gasteiger charge is 2.12. The SMILES string of the molecule is Cc1cc(C)c(CNc2c(F)cc(F)cc2F)c(C)c1. The second-order valence-electron chi connectivity index (χ2n) is 4.98. The lowest BCUT2D eigenvalue weighted by molar-refractivity contribution is 0.547. The Kier molecular flexibility index (Phi) is 4.02. The number of nitrogens with one attached hydrogen (secondary N) is 1. The first-order valence-electron chi connectivity index (χ1n) is 6.33. The van der Waals surface area contributed by atoms with Gasteiger partial charge in [0.2, 0.25) is 0 Å². The molecule has 0 atom stereocenters. The number of rotatable bonds is 3. The molecule has 0 amide bonds. The van der Waals surface area contributed by atoms with E-state index in [2.05, 4.69) is 5.32 Å². The van der Waals surface area contributed by atoms with E-state index >= 15 is 0 Å². The highest BCUT2D eigenvalue weighted by atomic mass is 19.1. The maximum atomic E-state index is 13.5. The number of hydrogen-bond donors (Lipinski definition) is 1. The van der Waals surface area contributed by atoms with Gasteiger partial charge in [-0.2, -0.15) is 0 Å². The summed E-state index contributed by atoms with van der Waals surface area (Å²) < 4.78 is 39.9. The summed E-state index contributed by atoms with van der Waals surface area (Å²) in [5, 5.41) is 2.71. The molecule has 0 radical (unpaired) electrons. The van der Waals surface area contributed by atoms with Crippen molar-refractivity contribution in [3.05, 3.63) is 64.0 Å². The molecule has 2 aromatic rings. The molecule has 20 heavy (non-hydrogen) atoms. The largest absolute Gasteiger partial charge is 0.376 e. The molecule has 1 nitrogen and oxygen atoms in total. The van der Waals surface area contributed by atoms with Gasteiger partial charge < -0.3 is 5.32 Å². The van der Waals surface area contributed by atoms with Gasteiger partial charge in [0.25, 0.3) is 0 Å². The summed E-state index contributed by atoms with van der Waals surface area (Å²) in [6, 6.07) is 5.36. The molecule has 0 heterocycles. The second kappa shape index (κ2) is 5.57. The fraction of sp³-hybridized carbons (Fsp3) is 0.250. The lowest BCUT2D eigenvalue weighted by atomic mass is 10.00. The third-order valence-electron chi connectivity index (χ3n) is 3.29. The van der Waals surface area contributed by atoms with E-state index in [1.54, 1.807) is 0 Å². The van der Waals surface area contributed by atoms with Crippen LogP contribution >= 0.6 is 0 Å². The third-order valence-corrected chi connectivity index (χ3v) is 3.29. The zero-order valence-corrected chi connectivity index (χ0v) is 11.7. The van der Waals surface area contributed by atoms with Crippen molar-refractivity contribution in [3.8, 4) is 0 Å². The minimum atomic E-state index is -0.926. The van der Waals surface area contributed by atoms with Gasteiger partial charge >= 0.3 is 0 Å². The molecule has 0 saturated carbocycles. The van der Waals surface area contributed by atoms with Crippen LogP contribution in [0, 0.1) is 38.2 Å². The smallest absolute Gasteiger partial charge is 0.152 e. The maximum Gasteiger partial charge on any atom is 0.152 e. The number of benzene rings is 2. The Morgan fingerprint density at radius 2 is 1.35 bits per heavy atom. The lowest BCUT2D eigenvalue weighted by Gasteiger charge is -2.14. The van der Waals surface area contributed by atoms with Crippen LogP contribution in [0.25, 0.3) is 0 Å². The van der Waals surface area contributed by atoms with Crippen molar-refractivity contribution in [1.82, 2.24) is 0 Å². The highest BCUT2D eigenvalue weighted by Crippen LogP contribution is 2.23. The van der Waals surface area contributed by atoms with Crippen LogP contribution in [0.2, 0.25) is 0 Å². The molecular weight excluding hydrogens is 263 g/mol. The quantitative estimate of drug-likeness (QED) is 0.863. The Labute approximate surface area is 116 Å². The van der Waals surface area contributed by atoms with E-state index in [9.17, 15) is 13.2 Å². The molecule has 2 rings (SSSR count). The van der Waals surface area contributed by atoms with Gasteiger partial charge in [0.15, 0.2) is 11.6 Å². The monoisotopic (exact) mass is 279 g/mol. The van der Waals surface area contributed by atoms with Gasteiger partial charge in [-0.3, -0.25) is 0 Å². The van der Waals surface area contributed by atoms with Crippen LogP contribution in [0.1, 0.15) is 22.3 Å². The number of halogens is 3. The molecule has 1 N–H and O–H groups in total. The van der Waals surface area contributed by atoms with Crippen LogP contribution in [-0.4, -0.2) is 0 Å². The maximum absolute atomic E-state index is 13.5. The molecule has 4 heteroatoms. The van der Waals surface area contributed by atoms with E-state index in [0.717, 1.165) is 22.3 Å². The second-order valence-corrected chi connectivity index (χ2v) is 4.98. The normalized spacial score (nSPS) is 10.7. The van der Waals surface area contributed by atoms with Gasteiger partial charge in [0, 0.05) is 18.7 Å². The van der Waals surface area contributed by atoms with Gasteiger partial charge in [0.05, 0.1) is 0 Å². The highest BCUT2D eigenvalue weighted by molar-refractivity contribution is 5.48. The van der Waals surface area contributed by atoms with Crippen LogP contribution in [0.4, 0.5) is 18.9 Å². The average Bonchev–Trinajstić information content (AvgIpc) is 2.30. The summed E-state index contributed by atoms with van der Waals surface area (Å²) in [5.41, 5.74) is 3.93. The molecule has 0 saturated heterocycles. The fourth-order valence-corrected chi connectivity index (χ4v) is 2.38. The first kappa shape index (κ1) is 14.4. The Balaban J connectivity index is 2.26. The molecule has 0 bridgehead atoms. The fourth-order valence-electron chi connectivity index (χ4n) is 2.38. The van der Waals surface area contributed by atoms with Crippen molar-refractivity contribution in [2.75, 3.05) is 5.32 Å². The van der Waals surface area contributed by atoms with Crippen molar-refractivity contribution >= 4 is 5.69 Å². The lowest BCUT2D eigenvalue weighted by Crippen LogP contribution is -2.07. The first-order valence-corrected chi connectivity index (χ1v) is 6.33. The summed E-state index contributed by atoms with van der Waals surface area (Å²) in [4.78, 5) is 0. The van der Waals surface area contributed by atoms with Gasteiger partial charge in [0.1, 0.15) is 11.5 Å². The topological polar surface area (TPSA) is 12.0 Å². The molecule has 0 aliphatic heterocycles. The summed E-state index contributed by atoms with van der Waals surface area (Å²) in [6.45, 7) is 6.19. The third kappa shape index (κ3) is 2.95.